The molecule has 0 atom stereocenters. The van der Waals surface area contributed by atoms with E-state index in [0.29, 0.717) is 22.3 Å². The van der Waals surface area contributed by atoms with E-state index in [-0.39, 0.29) is 5.96 Å². The highest BCUT2D eigenvalue weighted by atomic mass is 35.5. The van der Waals surface area contributed by atoms with Gasteiger partial charge in [-0.2, -0.15) is 0 Å². The van der Waals surface area contributed by atoms with Crippen LogP contribution in [0.5, 0.6) is 0 Å². The molecule has 21 heavy (non-hydrogen) atoms. The fraction of sp³-hybridized carbons (Fsp3) is 0.429. The first-order valence-electron chi connectivity index (χ1n) is 6.87. The topological polar surface area (TPSA) is 79.5 Å². The van der Waals surface area contributed by atoms with Gasteiger partial charge in [0.2, 0.25) is 5.96 Å². The first kappa shape index (κ1) is 17.6. The van der Waals surface area contributed by atoms with Crippen LogP contribution < -0.4 is 16.4 Å². The molecular formula is C14H20Cl2N4O. The number of nitrogens with two attached hydrogens (primary N) is 1. The van der Waals surface area contributed by atoms with E-state index in [2.05, 4.69) is 22.5 Å². The van der Waals surface area contributed by atoms with Crippen LogP contribution in [0.1, 0.15) is 32.6 Å². The van der Waals surface area contributed by atoms with Crippen LogP contribution in [-0.4, -0.2) is 18.5 Å². The molecule has 0 fully saturated rings. The Hall–Kier alpha value is -1.46. The minimum atomic E-state index is -0.393. The summed E-state index contributed by atoms with van der Waals surface area (Å²) in [7, 11) is 0. The predicted octanol–water partition coefficient (Wildman–Crippen LogP) is 3.82. The number of benzene rings is 1. The molecule has 0 aliphatic rings. The number of carbonyl (C=O) groups is 1. The van der Waals surface area contributed by atoms with Crippen LogP contribution in [0.15, 0.2) is 23.2 Å². The molecule has 4 N–H and O–H groups in total. The molecule has 116 valence electrons. The van der Waals surface area contributed by atoms with Crippen molar-refractivity contribution in [3.05, 3.63) is 28.2 Å². The second kappa shape index (κ2) is 9.47. The second-order valence-electron chi connectivity index (χ2n) is 4.51. The van der Waals surface area contributed by atoms with Crippen molar-refractivity contribution in [2.75, 3.05) is 6.54 Å². The van der Waals surface area contributed by atoms with E-state index in [1.807, 2.05) is 0 Å². The van der Waals surface area contributed by atoms with E-state index in [9.17, 15) is 4.79 Å². The van der Waals surface area contributed by atoms with Gasteiger partial charge in [0.25, 0.3) is 0 Å². The van der Waals surface area contributed by atoms with Crippen molar-refractivity contribution in [3.8, 4) is 0 Å². The molecule has 0 aliphatic heterocycles. The van der Waals surface area contributed by atoms with Crippen molar-refractivity contribution in [1.82, 2.24) is 10.6 Å². The monoisotopic (exact) mass is 330 g/mol. The third kappa shape index (κ3) is 6.69. The molecular weight excluding hydrogens is 311 g/mol. The lowest BCUT2D eigenvalue weighted by Crippen LogP contribution is -2.43. The molecule has 5 nitrogen and oxygen atoms in total. The Morgan fingerprint density at radius 1 is 1.24 bits per heavy atom. The van der Waals surface area contributed by atoms with E-state index in [4.69, 9.17) is 28.9 Å². The largest absolute Gasteiger partial charge is 0.369 e. The summed E-state index contributed by atoms with van der Waals surface area (Å²) in [6.45, 7) is 2.74. The number of aliphatic imine (C=N–C) groups is 1. The van der Waals surface area contributed by atoms with Gasteiger partial charge in [-0.25, -0.2) is 9.79 Å². The van der Waals surface area contributed by atoms with Crippen LogP contribution in [-0.2, 0) is 0 Å². The summed E-state index contributed by atoms with van der Waals surface area (Å²) in [6.07, 6.45) is 4.35. The zero-order valence-electron chi connectivity index (χ0n) is 12.0. The summed E-state index contributed by atoms with van der Waals surface area (Å²) in [4.78, 5) is 15.6. The Bertz CT molecular complexity index is 485. The molecule has 0 unspecified atom stereocenters. The maximum absolute atomic E-state index is 11.6. The Morgan fingerprint density at radius 3 is 2.52 bits per heavy atom. The maximum atomic E-state index is 11.6. The number of rotatable bonds is 6. The third-order valence-electron chi connectivity index (χ3n) is 2.73. The summed E-state index contributed by atoms with van der Waals surface area (Å²) in [5, 5.41) is 5.88. The highest BCUT2D eigenvalue weighted by Crippen LogP contribution is 2.32. The van der Waals surface area contributed by atoms with Gasteiger partial charge in [0.1, 0.15) is 5.69 Å². The normalized spacial score (nSPS) is 11.3. The summed E-state index contributed by atoms with van der Waals surface area (Å²) >= 11 is 11.9. The van der Waals surface area contributed by atoms with Crippen molar-refractivity contribution >= 4 is 40.9 Å². The fourth-order valence-corrected chi connectivity index (χ4v) is 2.14. The number of amides is 2. The van der Waals surface area contributed by atoms with Crippen LogP contribution >= 0.6 is 23.2 Å². The fourth-order valence-electron chi connectivity index (χ4n) is 1.66. The SMILES string of the molecule is CCCCCCNC(=O)NC(N)=Nc1c(Cl)cccc1Cl. The summed E-state index contributed by atoms with van der Waals surface area (Å²) in [5.41, 5.74) is 5.99. The summed E-state index contributed by atoms with van der Waals surface area (Å²) in [5.74, 6) is -0.0592. The van der Waals surface area contributed by atoms with Gasteiger partial charge in [-0.05, 0) is 18.6 Å². The van der Waals surface area contributed by atoms with Crippen LogP contribution in [0.4, 0.5) is 10.5 Å². The van der Waals surface area contributed by atoms with Crippen molar-refractivity contribution < 1.29 is 4.79 Å². The number of hydrogen-bond donors (Lipinski definition) is 3. The van der Waals surface area contributed by atoms with Crippen molar-refractivity contribution in [3.63, 3.8) is 0 Å². The van der Waals surface area contributed by atoms with Crippen LogP contribution in [0.2, 0.25) is 10.0 Å². The number of para-hydroxylation sites is 1. The van der Waals surface area contributed by atoms with Crippen LogP contribution in [0.3, 0.4) is 0 Å². The van der Waals surface area contributed by atoms with E-state index in [1.165, 1.54) is 0 Å². The lowest BCUT2D eigenvalue weighted by atomic mass is 10.2. The van der Waals surface area contributed by atoms with Crippen LogP contribution in [0.25, 0.3) is 0 Å². The highest BCUT2D eigenvalue weighted by Gasteiger charge is 2.06. The Labute approximate surface area is 134 Å². The van der Waals surface area contributed by atoms with Gasteiger partial charge in [-0.3, -0.25) is 5.32 Å². The number of nitrogens with zero attached hydrogens (tertiary/aromatic N) is 1. The Balaban J connectivity index is 2.47. The van der Waals surface area contributed by atoms with E-state index in [1.54, 1.807) is 18.2 Å². The molecule has 0 aliphatic carbocycles. The van der Waals surface area contributed by atoms with Gasteiger partial charge in [0.05, 0.1) is 10.0 Å². The zero-order chi connectivity index (χ0) is 15.7. The average Bonchev–Trinajstić information content (AvgIpc) is 2.43. The van der Waals surface area contributed by atoms with E-state index < -0.39 is 6.03 Å². The smallest absolute Gasteiger partial charge is 0.321 e. The Morgan fingerprint density at radius 2 is 1.90 bits per heavy atom. The molecule has 0 aromatic heterocycles. The number of guanidine groups is 1. The summed E-state index contributed by atoms with van der Waals surface area (Å²) < 4.78 is 0. The number of urea groups is 1. The maximum Gasteiger partial charge on any atom is 0.321 e. The van der Waals surface area contributed by atoms with Crippen molar-refractivity contribution in [2.24, 2.45) is 10.7 Å². The standard InChI is InChI=1S/C14H20Cl2N4O/c1-2-3-4-5-9-18-14(21)20-13(17)19-12-10(15)7-6-8-11(12)16/h6-8H,2-5,9H2,1H3,(H4,17,18,19,20,21). The van der Waals surface area contributed by atoms with Gasteiger partial charge in [-0.1, -0.05) is 55.5 Å². The third-order valence-corrected chi connectivity index (χ3v) is 3.34. The number of halogens is 2. The first-order chi connectivity index (χ1) is 10.0. The number of carbonyl (C=O) groups excluding carboxylic acids is 1. The van der Waals surface area contributed by atoms with Gasteiger partial charge in [0.15, 0.2) is 0 Å². The molecule has 1 aromatic carbocycles. The van der Waals surface area contributed by atoms with Gasteiger partial charge < -0.3 is 11.1 Å². The number of unbranched alkanes of at least 4 members (excludes halogenated alkanes) is 3. The number of hydrogen-bond acceptors (Lipinski definition) is 2. The minimum Gasteiger partial charge on any atom is -0.369 e. The van der Waals surface area contributed by atoms with E-state index >= 15 is 0 Å². The first-order valence-corrected chi connectivity index (χ1v) is 7.63. The summed E-state index contributed by atoms with van der Waals surface area (Å²) in [6, 6.07) is 4.60. The van der Waals surface area contributed by atoms with Gasteiger partial charge in [0, 0.05) is 6.54 Å². The van der Waals surface area contributed by atoms with Gasteiger partial charge >= 0.3 is 6.03 Å². The van der Waals surface area contributed by atoms with Gasteiger partial charge in [-0.15, -0.1) is 0 Å². The number of nitrogens with one attached hydrogen (secondary N) is 2. The van der Waals surface area contributed by atoms with Crippen LogP contribution in [0, 0.1) is 0 Å². The molecule has 1 rings (SSSR count). The quantitative estimate of drug-likeness (QED) is 0.421. The minimum absolute atomic E-state index is 0.0592. The molecule has 0 saturated carbocycles. The Kier molecular flexibility index (Phi) is 7.93. The second-order valence-corrected chi connectivity index (χ2v) is 5.32. The van der Waals surface area contributed by atoms with E-state index in [0.717, 1.165) is 25.7 Å². The molecule has 0 radical (unpaired) electrons. The molecule has 7 heteroatoms. The van der Waals surface area contributed by atoms with Crippen molar-refractivity contribution in [2.45, 2.75) is 32.6 Å². The lowest BCUT2D eigenvalue weighted by Gasteiger charge is -2.07. The highest BCUT2D eigenvalue weighted by molar-refractivity contribution is 6.38. The molecule has 0 bridgehead atoms. The molecule has 0 heterocycles. The molecule has 0 saturated heterocycles. The molecule has 1 aromatic rings. The average molecular weight is 331 g/mol. The molecule has 2 amide bonds. The molecule has 0 spiro atoms. The predicted molar refractivity (Wildman–Crippen MR) is 88.4 cm³/mol. The lowest BCUT2D eigenvalue weighted by molar-refractivity contribution is 0.245. The zero-order valence-corrected chi connectivity index (χ0v) is 13.5. The van der Waals surface area contributed by atoms with Crippen molar-refractivity contribution in [1.29, 1.82) is 0 Å².